The summed E-state index contributed by atoms with van der Waals surface area (Å²) in [6.45, 7) is 3.42. The predicted molar refractivity (Wildman–Crippen MR) is 94.5 cm³/mol. The van der Waals surface area contributed by atoms with E-state index in [9.17, 15) is 14.4 Å². The van der Waals surface area contributed by atoms with Crippen LogP contribution in [0.25, 0.3) is 0 Å². The maximum atomic E-state index is 11.8. The van der Waals surface area contributed by atoms with Gasteiger partial charge in [0.05, 0.1) is 18.3 Å². The summed E-state index contributed by atoms with van der Waals surface area (Å²) in [7, 11) is 3.14. The summed E-state index contributed by atoms with van der Waals surface area (Å²) >= 11 is 0. The molecule has 0 aromatic rings. The summed E-state index contributed by atoms with van der Waals surface area (Å²) in [5, 5.41) is 0. The number of fused-ring (bicyclic) bond motifs is 3. The molecule has 7 atom stereocenters. The molecule has 3 fully saturated rings. The highest BCUT2D eigenvalue weighted by Gasteiger charge is 2.65. The van der Waals surface area contributed by atoms with Gasteiger partial charge in [-0.2, -0.15) is 0 Å². The summed E-state index contributed by atoms with van der Waals surface area (Å²) in [5.41, 5.74) is 0. The van der Waals surface area contributed by atoms with Gasteiger partial charge in [0.1, 0.15) is 12.7 Å². The number of carbonyl (C=O) groups excluding carboxylic acids is 3. The molecule has 10 heteroatoms. The van der Waals surface area contributed by atoms with Crippen LogP contribution in [0, 0.1) is 5.92 Å². The first-order valence-electron chi connectivity index (χ1n) is 9.59. The van der Waals surface area contributed by atoms with E-state index >= 15 is 0 Å². The molecule has 1 saturated carbocycles. The number of ether oxygens (including phenoxy) is 7. The summed E-state index contributed by atoms with van der Waals surface area (Å²) in [6.07, 6.45) is -2.69. The molecule has 3 bridgehead atoms. The molecule has 0 aromatic heterocycles. The standard InChI is InChI=1S/C19H28O10/c1-9(20)25-8-15(26-10(2)21)17(27-11(3)22)18-16-12-6-13(28-16)14(29-18)7-19(12,23-4)24-5/h12-18H,6-8H2,1-5H3/t12-,13-,14+,15+,16+,17+,18+/m0/s1. The van der Waals surface area contributed by atoms with Crippen LogP contribution in [0.15, 0.2) is 0 Å². The maximum Gasteiger partial charge on any atom is 0.303 e. The SMILES string of the molecule is COC1(OC)C[C@H]2O[C@@H]([C@H](OC(C)=O)[C@@H](COC(C)=O)OC(C)=O)[C@@H]3O[C@H]2C[C@@H]31. The molecule has 0 amide bonds. The monoisotopic (exact) mass is 416 g/mol. The molecule has 0 N–H and O–H groups in total. The lowest BCUT2D eigenvalue weighted by Gasteiger charge is -2.40. The molecule has 0 radical (unpaired) electrons. The van der Waals surface area contributed by atoms with Crippen molar-refractivity contribution in [3.05, 3.63) is 0 Å². The van der Waals surface area contributed by atoms with Gasteiger partial charge < -0.3 is 33.2 Å². The van der Waals surface area contributed by atoms with Crippen LogP contribution in [0.1, 0.15) is 33.6 Å². The van der Waals surface area contributed by atoms with Crippen LogP contribution in [0.2, 0.25) is 0 Å². The molecule has 0 unspecified atom stereocenters. The highest BCUT2D eigenvalue weighted by molar-refractivity contribution is 5.68. The average molecular weight is 416 g/mol. The smallest absolute Gasteiger partial charge is 0.303 e. The molecule has 2 heterocycles. The Morgan fingerprint density at radius 1 is 0.966 bits per heavy atom. The predicted octanol–water partition coefficient (Wildman–Crippen LogP) is 0.347. The maximum absolute atomic E-state index is 11.8. The van der Waals surface area contributed by atoms with Crippen molar-refractivity contribution in [3.8, 4) is 0 Å². The van der Waals surface area contributed by atoms with Crippen LogP contribution in [0.5, 0.6) is 0 Å². The third-order valence-corrected chi connectivity index (χ3v) is 5.79. The van der Waals surface area contributed by atoms with E-state index in [0.717, 1.165) is 0 Å². The fourth-order valence-corrected chi connectivity index (χ4v) is 4.66. The molecular formula is C19H28O10. The van der Waals surface area contributed by atoms with Crippen molar-refractivity contribution in [2.75, 3.05) is 20.8 Å². The average Bonchev–Trinajstić information content (AvgIpc) is 2.92. The zero-order valence-corrected chi connectivity index (χ0v) is 17.2. The second kappa shape index (κ2) is 8.55. The van der Waals surface area contributed by atoms with Gasteiger partial charge in [0, 0.05) is 47.3 Å². The first kappa shape index (κ1) is 21.9. The largest absolute Gasteiger partial charge is 0.462 e. The van der Waals surface area contributed by atoms with Gasteiger partial charge in [-0.05, 0) is 6.42 Å². The molecule has 0 spiro atoms. The van der Waals surface area contributed by atoms with Crippen molar-refractivity contribution in [1.82, 2.24) is 0 Å². The van der Waals surface area contributed by atoms with E-state index < -0.39 is 48.1 Å². The van der Waals surface area contributed by atoms with Gasteiger partial charge in [-0.15, -0.1) is 0 Å². The summed E-state index contributed by atoms with van der Waals surface area (Å²) in [4.78, 5) is 34.8. The zero-order chi connectivity index (χ0) is 21.3. The number of methoxy groups -OCH3 is 2. The Morgan fingerprint density at radius 2 is 1.62 bits per heavy atom. The fourth-order valence-electron chi connectivity index (χ4n) is 4.66. The number of hydrogen-bond acceptors (Lipinski definition) is 10. The molecule has 0 aromatic carbocycles. The van der Waals surface area contributed by atoms with Crippen molar-refractivity contribution in [1.29, 1.82) is 0 Å². The molecule has 10 nitrogen and oxygen atoms in total. The second-order valence-corrected chi connectivity index (χ2v) is 7.57. The van der Waals surface area contributed by atoms with Crippen molar-refractivity contribution >= 4 is 17.9 Å². The Morgan fingerprint density at radius 3 is 2.17 bits per heavy atom. The molecule has 3 aliphatic rings. The van der Waals surface area contributed by atoms with Crippen molar-refractivity contribution in [2.24, 2.45) is 5.92 Å². The minimum absolute atomic E-state index is 0.113. The third-order valence-electron chi connectivity index (χ3n) is 5.79. The van der Waals surface area contributed by atoms with Crippen LogP contribution in [0.4, 0.5) is 0 Å². The van der Waals surface area contributed by atoms with E-state index in [1.165, 1.54) is 20.8 Å². The summed E-state index contributed by atoms with van der Waals surface area (Å²) in [6, 6.07) is 0. The van der Waals surface area contributed by atoms with Crippen molar-refractivity contribution < 1.29 is 47.5 Å². The van der Waals surface area contributed by atoms with E-state index in [1.807, 2.05) is 0 Å². The minimum Gasteiger partial charge on any atom is -0.462 e. The second-order valence-electron chi connectivity index (χ2n) is 7.57. The van der Waals surface area contributed by atoms with Gasteiger partial charge in [-0.3, -0.25) is 14.4 Å². The van der Waals surface area contributed by atoms with Crippen molar-refractivity contribution in [2.45, 2.75) is 76.0 Å². The lowest BCUT2D eigenvalue weighted by Crippen LogP contribution is -2.55. The molecule has 3 rings (SSSR count). The number of esters is 3. The number of hydrogen-bond donors (Lipinski definition) is 0. The van der Waals surface area contributed by atoms with Crippen molar-refractivity contribution in [3.63, 3.8) is 0 Å². The first-order chi connectivity index (χ1) is 13.7. The van der Waals surface area contributed by atoms with Crippen LogP contribution in [0.3, 0.4) is 0 Å². The molecule has 1 aliphatic carbocycles. The highest BCUT2D eigenvalue weighted by Crippen LogP contribution is 2.53. The van der Waals surface area contributed by atoms with E-state index in [0.29, 0.717) is 12.8 Å². The van der Waals surface area contributed by atoms with Gasteiger partial charge >= 0.3 is 17.9 Å². The van der Waals surface area contributed by atoms with Gasteiger partial charge in [0.15, 0.2) is 18.0 Å². The van der Waals surface area contributed by atoms with E-state index in [1.54, 1.807) is 14.2 Å². The van der Waals surface area contributed by atoms with Crippen LogP contribution < -0.4 is 0 Å². The Bertz CT molecular complexity index is 645. The van der Waals surface area contributed by atoms with Gasteiger partial charge in [-0.25, -0.2) is 0 Å². The molecule has 2 aliphatic heterocycles. The summed E-state index contributed by atoms with van der Waals surface area (Å²) < 4.78 is 39.7. The Hall–Kier alpha value is -1.75. The van der Waals surface area contributed by atoms with E-state index in [2.05, 4.69) is 0 Å². The quantitative estimate of drug-likeness (QED) is 0.312. The van der Waals surface area contributed by atoms with E-state index in [4.69, 9.17) is 33.2 Å². The molecule has 164 valence electrons. The Kier molecular flexibility index (Phi) is 6.47. The van der Waals surface area contributed by atoms with Crippen LogP contribution in [-0.4, -0.2) is 81.1 Å². The van der Waals surface area contributed by atoms with Gasteiger partial charge in [0.25, 0.3) is 0 Å². The topological polar surface area (TPSA) is 116 Å². The Labute approximate surface area is 169 Å². The number of rotatable bonds is 8. The lowest BCUT2D eigenvalue weighted by atomic mass is 9.79. The minimum atomic E-state index is -1.05. The number of carbonyl (C=O) groups is 3. The highest BCUT2D eigenvalue weighted by atomic mass is 16.7. The fraction of sp³-hybridized carbons (Fsp3) is 0.842. The third kappa shape index (κ3) is 4.25. The zero-order valence-electron chi connectivity index (χ0n) is 17.2. The Balaban J connectivity index is 1.91. The molecule has 29 heavy (non-hydrogen) atoms. The van der Waals surface area contributed by atoms with Gasteiger partial charge in [0.2, 0.25) is 0 Å². The van der Waals surface area contributed by atoms with E-state index in [-0.39, 0.29) is 24.7 Å². The normalized spacial score (nSPS) is 33.6. The molecule has 2 saturated heterocycles. The van der Waals surface area contributed by atoms with Gasteiger partial charge in [-0.1, -0.05) is 0 Å². The first-order valence-corrected chi connectivity index (χ1v) is 9.59. The van der Waals surface area contributed by atoms with Crippen LogP contribution in [-0.2, 0) is 47.5 Å². The lowest BCUT2D eigenvalue weighted by molar-refractivity contribution is -0.257. The summed E-state index contributed by atoms with van der Waals surface area (Å²) in [5.74, 6) is -2.80. The van der Waals surface area contributed by atoms with Crippen LogP contribution >= 0.6 is 0 Å². The molecular weight excluding hydrogens is 388 g/mol.